The van der Waals surface area contributed by atoms with Crippen LogP contribution in [0, 0.1) is 0 Å². The van der Waals surface area contributed by atoms with Gasteiger partial charge in [0.1, 0.15) is 0 Å². The van der Waals surface area contributed by atoms with Crippen molar-refractivity contribution in [2.24, 2.45) is 0 Å². The van der Waals surface area contributed by atoms with Gasteiger partial charge >= 0.3 is 0 Å². The van der Waals surface area contributed by atoms with Gasteiger partial charge in [-0.2, -0.15) is 11.8 Å². The molecular formula is C14H30N2OS. The molecule has 1 amide bonds. The van der Waals surface area contributed by atoms with Gasteiger partial charge in [0.15, 0.2) is 0 Å². The molecule has 0 bridgehead atoms. The smallest absolute Gasteiger partial charge is 0.234 e. The lowest BCUT2D eigenvalue weighted by Crippen LogP contribution is -2.40. The van der Waals surface area contributed by atoms with E-state index in [0.717, 1.165) is 19.4 Å². The molecule has 0 aromatic carbocycles. The first-order valence-electron chi connectivity index (χ1n) is 7.23. The molecule has 0 rings (SSSR count). The fraction of sp³-hybridized carbons (Fsp3) is 0.929. The number of amides is 1. The first-order valence-corrected chi connectivity index (χ1v) is 8.62. The van der Waals surface area contributed by atoms with Crippen LogP contribution >= 0.6 is 11.8 Å². The molecule has 4 heteroatoms. The average molecular weight is 274 g/mol. The Hall–Kier alpha value is -0.220. The number of thioether (sulfide) groups is 1. The van der Waals surface area contributed by atoms with Crippen molar-refractivity contribution >= 4 is 17.7 Å². The lowest BCUT2D eigenvalue weighted by Gasteiger charge is -2.14. The third-order valence-corrected chi connectivity index (χ3v) is 3.79. The molecular weight excluding hydrogens is 244 g/mol. The molecule has 0 saturated carbocycles. The standard InChI is InChI=1S/C14H30N2OS/c1-4-13(5-2)16-14(17)12-15-10-8-6-7-9-11-18-3/h13,15H,4-12H2,1-3H3,(H,16,17). The molecule has 2 N–H and O–H groups in total. The minimum Gasteiger partial charge on any atom is -0.352 e. The average Bonchev–Trinajstić information content (AvgIpc) is 2.39. The predicted molar refractivity (Wildman–Crippen MR) is 82.2 cm³/mol. The highest BCUT2D eigenvalue weighted by atomic mass is 32.2. The van der Waals surface area contributed by atoms with Gasteiger partial charge in [0.25, 0.3) is 0 Å². The Labute approximate surface area is 117 Å². The number of nitrogens with one attached hydrogen (secondary N) is 2. The summed E-state index contributed by atoms with van der Waals surface area (Å²) in [5.41, 5.74) is 0. The van der Waals surface area contributed by atoms with Crippen molar-refractivity contribution in [3.63, 3.8) is 0 Å². The van der Waals surface area contributed by atoms with Crippen molar-refractivity contribution in [3.05, 3.63) is 0 Å². The molecule has 0 aliphatic carbocycles. The molecule has 0 aliphatic rings. The van der Waals surface area contributed by atoms with E-state index in [9.17, 15) is 4.79 Å². The molecule has 108 valence electrons. The second-order valence-corrected chi connectivity index (χ2v) is 5.65. The van der Waals surface area contributed by atoms with E-state index in [-0.39, 0.29) is 5.91 Å². The van der Waals surface area contributed by atoms with Crippen LogP contribution in [0.5, 0.6) is 0 Å². The minimum atomic E-state index is 0.131. The largest absolute Gasteiger partial charge is 0.352 e. The number of rotatable bonds is 12. The molecule has 0 fully saturated rings. The van der Waals surface area contributed by atoms with Crippen molar-refractivity contribution < 1.29 is 4.79 Å². The van der Waals surface area contributed by atoms with Gasteiger partial charge in [-0.05, 0) is 44.2 Å². The summed E-state index contributed by atoms with van der Waals surface area (Å²) in [5, 5.41) is 6.24. The van der Waals surface area contributed by atoms with Crippen molar-refractivity contribution in [2.75, 3.05) is 25.1 Å². The monoisotopic (exact) mass is 274 g/mol. The molecule has 0 aromatic heterocycles. The van der Waals surface area contributed by atoms with Crippen LogP contribution < -0.4 is 10.6 Å². The zero-order valence-corrected chi connectivity index (χ0v) is 13.1. The normalized spacial score (nSPS) is 10.9. The van der Waals surface area contributed by atoms with Gasteiger partial charge in [0.05, 0.1) is 6.54 Å². The number of carbonyl (C=O) groups excluding carboxylic acids is 1. The third kappa shape index (κ3) is 10.9. The molecule has 0 radical (unpaired) electrons. The van der Waals surface area contributed by atoms with Crippen LogP contribution in [0.1, 0.15) is 52.4 Å². The van der Waals surface area contributed by atoms with E-state index in [0.29, 0.717) is 12.6 Å². The zero-order valence-electron chi connectivity index (χ0n) is 12.3. The second-order valence-electron chi connectivity index (χ2n) is 4.66. The topological polar surface area (TPSA) is 41.1 Å². The van der Waals surface area contributed by atoms with E-state index in [1.807, 2.05) is 11.8 Å². The van der Waals surface area contributed by atoms with E-state index in [4.69, 9.17) is 0 Å². The highest BCUT2D eigenvalue weighted by Crippen LogP contribution is 2.03. The summed E-state index contributed by atoms with van der Waals surface area (Å²) in [5.74, 6) is 1.40. The van der Waals surface area contributed by atoms with Crippen LogP contribution in [-0.4, -0.2) is 37.0 Å². The van der Waals surface area contributed by atoms with Gasteiger partial charge in [0.2, 0.25) is 5.91 Å². The molecule has 3 nitrogen and oxygen atoms in total. The summed E-state index contributed by atoms with van der Waals surface area (Å²) >= 11 is 1.92. The second kappa shape index (κ2) is 13.2. The van der Waals surface area contributed by atoms with Crippen LogP contribution in [0.2, 0.25) is 0 Å². The summed E-state index contributed by atoms with van der Waals surface area (Å²) in [6, 6.07) is 0.339. The molecule has 0 aromatic rings. The summed E-state index contributed by atoms with van der Waals surface area (Å²) < 4.78 is 0. The maximum Gasteiger partial charge on any atom is 0.234 e. The summed E-state index contributed by atoms with van der Waals surface area (Å²) in [4.78, 5) is 11.6. The Kier molecular flexibility index (Phi) is 13.1. The number of hydrogen-bond donors (Lipinski definition) is 2. The Bertz CT molecular complexity index is 196. The number of hydrogen-bond acceptors (Lipinski definition) is 3. The Morgan fingerprint density at radius 3 is 2.39 bits per heavy atom. The van der Waals surface area contributed by atoms with E-state index in [2.05, 4.69) is 30.7 Å². The van der Waals surface area contributed by atoms with Gasteiger partial charge in [0, 0.05) is 6.04 Å². The predicted octanol–water partition coefficient (Wildman–Crippen LogP) is 2.80. The van der Waals surface area contributed by atoms with Crippen LogP contribution in [0.25, 0.3) is 0 Å². The minimum absolute atomic E-state index is 0.131. The highest BCUT2D eigenvalue weighted by molar-refractivity contribution is 7.98. The van der Waals surface area contributed by atoms with Crippen LogP contribution in [0.4, 0.5) is 0 Å². The number of carbonyl (C=O) groups is 1. The van der Waals surface area contributed by atoms with Gasteiger partial charge < -0.3 is 10.6 Å². The first kappa shape index (κ1) is 17.8. The van der Waals surface area contributed by atoms with E-state index in [1.165, 1.54) is 31.4 Å². The van der Waals surface area contributed by atoms with Crippen molar-refractivity contribution in [1.82, 2.24) is 10.6 Å². The van der Waals surface area contributed by atoms with Gasteiger partial charge in [-0.3, -0.25) is 4.79 Å². The van der Waals surface area contributed by atoms with Crippen molar-refractivity contribution in [1.29, 1.82) is 0 Å². The molecule has 0 unspecified atom stereocenters. The fourth-order valence-electron chi connectivity index (χ4n) is 1.82. The quantitative estimate of drug-likeness (QED) is 0.538. The maximum atomic E-state index is 11.6. The maximum absolute atomic E-state index is 11.6. The fourth-order valence-corrected chi connectivity index (χ4v) is 2.32. The number of unbranched alkanes of at least 4 members (excludes halogenated alkanes) is 3. The van der Waals surface area contributed by atoms with Gasteiger partial charge in [-0.15, -0.1) is 0 Å². The van der Waals surface area contributed by atoms with Crippen LogP contribution in [0.3, 0.4) is 0 Å². The van der Waals surface area contributed by atoms with E-state index < -0.39 is 0 Å². The van der Waals surface area contributed by atoms with Crippen LogP contribution in [0.15, 0.2) is 0 Å². The third-order valence-electron chi connectivity index (χ3n) is 3.09. The van der Waals surface area contributed by atoms with Crippen molar-refractivity contribution in [3.8, 4) is 0 Å². The summed E-state index contributed by atoms with van der Waals surface area (Å²) in [7, 11) is 0. The summed E-state index contributed by atoms with van der Waals surface area (Å²) in [6.07, 6.45) is 9.24. The highest BCUT2D eigenvalue weighted by Gasteiger charge is 2.06. The molecule has 0 spiro atoms. The zero-order chi connectivity index (χ0) is 13.6. The first-order chi connectivity index (χ1) is 8.74. The molecule has 18 heavy (non-hydrogen) atoms. The lowest BCUT2D eigenvalue weighted by atomic mass is 10.2. The SMILES string of the molecule is CCC(CC)NC(=O)CNCCCCCCSC. The van der Waals surface area contributed by atoms with Gasteiger partial charge in [-0.25, -0.2) is 0 Å². The molecule has 0 heterocycles. The van der Waals surface area contributed by atoms with E-state index in [1.54, 1.807) is 0 Å². The molecule has 0 aliphatic heterocycles. The molecule has 0 saturated heterocycles. The Morgan fingerprint density at radius 2 is 1.78 bits per heavy atom. The van der Waals surface area contributed by atoms with Crippen molar-refractivity contribution in [2.45, 2.75) is 58.4 Å². The van der Waals surface area contributed by atoms with Crippen LogP contribution in [-0.2, 0) is 4.79 Å². The Balaban J connectivity index is 3.30. The van der Waals surface area contributed by atoms with E-state index >= 15 is 0 Å². The Morgan fingerprint density at radius 1 is 1.11 bits per heavy atom. The van der Waals surface area contributed by atoms with Gasteiger partial charge in [-0.1, -0.05) is 26.7 Å². The summed E-state index contributed by atoms with van der Waals surface area (Å²) in [6.45, 7) is 5.63. The molecule has 0 atom stereocenters. The lowest BCUT2D eigenvalue weighted by molar-refractivity contribution is -0.121.